The molecule has 1 atom stereocenters. The Morgan fingerprint density at radius 2 is 1.70 bits per heavy atom. The summed E-state index contributed by atoms with van der Waals surface area (Å²) in [5.74, 6) is -0.502. The van der Waals surface area contributed by atoms with Gasteiger partial charge in [0.05, 0.1) is 31.9 Å². The maximum absolute atomic E-state index is 12.3. The van der Waals surface area contributed by atoms with Crippen LogP contribution in [0.5, 0.6) is 11.5 Å². The third-order valence-corrected chi connectivity index (χ3v) is 4.26. The van der Waals surface area contributed by atoms with Crippen LogP contribution in [0.15, 0.2) is 42.5 Å². The second-order valence-electron chi connectivity index (χ2n) is 6.53. The summed E-state index contributed by atoms with van der Waals surface area (Å²) >= 11 is 0. The van der Waals surface area contributed by atoms with Gasteiger partial charge in [-0.2, -0.15) is 0 Å². The Bertz CT molecular complexity index is 912. The highest BCUT2D eigenvalue weighted by Gasteiger charge is 2.19. The molecular weight excluding hydrogens is 388 g/mol. The van der Waals surface area contributed by atoms with Gasteiger partial charge < -0.3 is 24.8 Å². The first-order chi connectivity index (χ1) is 14.3. The summed E-state index contributed by atoms with van der Waals surface area (Å²) in [6.45, 7) is 3.43. The Hall–Kier alpha value is -3.55. The van der Waals surface area contributed by atoms with Crippen LogP contribution in [0.3, 0.4) is 0 Å². The molecule has 0 unspecified atom stereocenters. The van der Waals surface area contributed by atoms with Gasteiger partial charge >= 0.3 is 5.97 Å². The zero-order valence-electron chi connectivity index (χ0n) is 17.5. The van der Waals surface area contributed by atoms with E-state index < -0.39 is 18.0 Å². The van der Waals surface area contributed by atoms with Crippen LogP contribution in [-0.2, 0) is 14.3 Å². The zero-order chi connectivity index (χ0) is 22.1. The number of carbonyl (C=O) groups is 3. The van der Waals surface area contributed by atoms with Gasteiger partial charge in [-0.3, -0.25) is 14.4 Å². The summed E-state index contributed by atoms with van der Waals surface area (Å²) in [5.41, 5.74) is 1.81. The molecule has 8 heteroatoms. The number of amides is 2. The highest BCUT2D eigenvalue weighted by atomic mass is 16.5. The molecule has 0 aliphatic rings. The molecule has 8 nitrogen and oxygen atoms in total. The van der Waals surface area contributed by atoms with Crippen molar-refractivity contribution in [2.24, 2.45) is 0 Å². The SMILES string of the molecule is COc1ccc(C)cc1NC(=O)[C@@H](C)OC(=O)CCNC(=O)c1ccccc1OC. The van der Waals surface area contributed by atoms with Crippen molar-refractivity contribution in [1.82, 2.24) is 5.32 Å². The molecule has 2 aromatic carbocycles. The highest BCUT2D eigenvalue weighted by molar-refractivity contribution is 5.97. The third kappa shape index (κ3) is 6.23. The number of anilines is 1. The van der Waals surface area contributed by atoms with Crippen LogP contribution < -0.4 is 20.1 Å². The molecule has 0 saturated heterocycles. The Labute approximate surface area is 175 Å². The molecule has 0 aliphatic carbocycles. The number of hydrogen-bond acceptors (Lipinski definition) is 6. The molecule has 2 aromatic rings. The molecule has 0 spiro atoms. The topological polar surface area (TPSA) is 103 Å². The summed E-state index contributed by atoms with van der Waals surface area (Å²) in [5, 5.41) is 5.32. The molecular formula is C22H26N2O6. The van der Waals surface area contributed by atoms with E-state index in [4.69, 9.17) is 14.2 Å². The smallest absolute Gasteiger partial charge is 0.308 e. The molecule has 0 heterocycles. The fourth-order valence-electron chi connectivity index (χ4n) is 2.67. The number of esters is 1. The van der Waals surface area contributed by atoms with Gasteiger partial charge in [-0.05, 0) is 43.7 Å². The van der Waals surface area contributed by atoms with E-state index in [1.807, 2.05) is 13.0 Å². The Morgan fingerprint density at radius 1 is 1.00 bits per heavy atom. The Kier molecular flexibility index (Phi) is 8.22. The Balaban J connectivity index is 1.82. The first kappa shape index (κ1) is 22.7. The van der Waals surface area contributed by atoms with Crippen molar-refractivity contribution in [2.45, 2.75) is 26.4 Å². The van der Waals surface area contributed by atoms with Gasteiger partial charge in [0.15, 0.2) is 6.10 Å². The zero-order valence-corrected chi connectivity index (χ0v) is 17.5. The monoisotopic (exact) mass is 414 g/mol. The second kappa shape index (κ2) is 10.8. The molecule has 0 fully saturated rings. The first-order valence-electron chi connectivity index (χ1n) is 9.42. The molecule has 2 amide bonds. The molecule has 2 N–H and O–H groups in total. The molecule has 0 aliphatic heterocycles. The number of benzene rings is 2. The van der Waals surface area contributed by atoms with Crippen molar-refractivity contribution >= 4 is 23.5 Å². The molecule has 0 bridgehead atoms. The van der Waals surface area contributed by atoms with E-state index in [9.17, 15) is 14.4 Å². The van der Waals surface area contributed by atoms with Crippen molar-refractivity contribution in [2.75, 3.05) is 26.1 Å². The average Bonchev–Trinajstić information content (AvgIpc) is 2.73. The quantitative estimate of drug-likeness (QED) is 0.612. The lowest BCUT2D eigenvalue weighted by atomic mass is 10.2. The number of para-hydroxylation sites is 1. The summed E-state index contributed by atoms with van der Waals surface area (Å²) < 4.78 is 15.5. The van der Waals surface area contributed by atoms with E-state index in [1.54, 1.807) is 36.4 Å². The van der Waals surface area contributed by atoms with Crippen molar-refractivity contribution in [1.29, 1.82) is 0 Å². The number of ether oxygens (including phenoxy) is 3. The minimum absolute atomic E-state index is 0.0652. The van der Waals surface area contributed by atoms with E-state index in [1.165, 1.54) is 21.1 Å². The van der Waals surface area contributed by atoms with Crippen LogP contribution >= 0.6 is 0 Å². The molecule has 30 heavy (non-hydrogen) atoms. The van der Waals surface area contributed by atoms with Crippen LogP contribution in [0.25, 0.3) is 0 Å². The fourth-order valence-corrected chi connectivity index (χ4v) is 2.67. The number of rotatable bonds is 9. The first-order valence-corrected chi connectivity index (χ1v) is 9.42. The van der Waals surface area contributed by atoms with E-state index >= 15 is 0 Å². The normalized spacial score (nSPS) is 11.2. The van der Waals surface area contributed by atoms with Gasteiger partial charge in [0.1, 0.15) is 11.5 Å². The largest absolute Gasteiger partial charge is 0.496 e. The van der Waals surface area contributed by atoms with E-state index in [0.717, 1.165) is 5.56 Å². The van der Waals surface area contributed by atoms with Gasteiger partial charge in [-0.25, -0.2) is 0 Å². The highest BCUT2D eigenvalue weighted by Crippen LogP contribution is 2.25. The van der Waals surface area contributed by atoms with Crippen molar-refractivity contribution in [3.63, 3.8) is 0 Å². The van der Waals surface area contributed by atoms with Crippen molar-refractivity contribution in [3.05, 3.63) is 53.6 Å². The number of carbonyl (C=O) groups excluding carboxylic acids is 3. The Morgan fingerprint density at radius 3 is 2.40 bits per heavy atom. The van der Waals surface area contributed by atoms with Crippen LogP contribution in [0.4, 0.5) is 5.69 Å². The molecule has 0 aromatic heterocycles. The molecule has 160 valence electrons. The van der Waals surface area contributed by atoms with Gasteiger partial charge in [0.2, 0.25) is 0 Å². The average molecular weight is 414 g/mol. The van der Waals surface area contributed by atoms with E-state index in [2.05, 4.69) is 10.6 Å². The van der Waals surface area contributed by atoms with Gasteiger partial charge in [0, 0.05) is 6.54 Å². The summed E-state index contributed by atoms with van der Waals surface area (Å²) in [6, 6.07) is 12.1. The third-order valence-electron chi connectivity index (χ3n) is 4.26. The van der Waals surface area contributed by atoms with Crippen LogP contribution in [-0.4, -0.2) is 44.7 Å². The molecule has 0 saturated carbocycles. The number of nitrogens with one attached hydrogen (secondary N) is 2. The van der Waals surface area contributed by atoms with Crippen LogP contribution in [0.2, 0.25) is 0 Å². The number of aryl methyl sites for hydroxylation is 1. The molecule has 2 rings (SSSR count). The lowest BCUT2D eigenvalue weighted by Gasteiger charge is -2.16. The minimum atomic E-state index is -1.01. The summed E-state index contributed by atoms with van der Waals surface area (Å²) in [4.78, 5) is 36.6. The summed E-state index contributed by atoms with van der Waals surface area (Å²) in [7, 11) is 2.98. The second-order valence-corrected chi connectivity index (χ2v) is 6.53. The standard InChI is InChI=1S/C22H26N2O6/c1-14-9-10-19(29-4)17(13-14)24-21(26)15(2)30-20(25)11-12-23-22(27)16-7-5-6-8-18(16)28-3/h5-10,13,15H,11-12H2,1-4H3,(H,23,27)(H,24,26)/t15-/m1/s1. The lowest BCUT2D eigenvalue weighted by Crippen LogP contribution is -2.32. The summed E-state index contributed by atoms with van der Waals surface area (Å²) in [6.07, 6.45) is -1.08. The maximum Gasteiger partial charge on any atom is 0.308 e. The van der Waals surface area contributed by atoms with Crippen molar-refractivity contribution in [3.8, 4) is 11.5 Å². The van der Waals surface area contributed by atoms with Crippen molar-refractivity contribution < 1.29 is 28.6 Å². The van der Waals surface area contributed by atoms with E-state index in [-0.39, 0.29) is 18.9 Å². The van der Waals surface area contributed by atoms with Crippen LogP contribution in [0.1, 0.15) is 29.3 Å². The predicted octanol–water partition coefficient (Wildman–Crippen LogP) is 2.70. The van der Waals surface area contributed by atoms with Gasteiger partial charge in [-0.15, -0.1) is 0 Å². The maximum atomic E-state index is 12.3. The molecule has 0 radical (unpaired) electrons. The van der Waals surface area contributed by atoms with Gasteiger partial charge in [0.25, 0.3) is 11.8 Å². The predicted molar refractivity (Wildman–Crippen MR) is 112 cm³/mol. The lowest BCUT2D eigenvalue weighted by molar-refractivity contribution is -0.153. The van der Waals surface area contributed by atoms with Gasteiger partial charge in [-0.1, -0.05) is 18.2 Å². The number of hydrogen-bond donors (Lipinski definition) is 2. The fraction of sp³-hybridized carbons (Fsp3) is 0.318. The number of methoxy groups -OCH3 is 2. The minimum Gasteiger partial charge on any atom is -0.496 e. The van der Waals surface area contributed by atoms with Crippen LogP contribution in [0, 0.1) is 6.92 Å². The van der Waals surface area contributed by atoms with E-state index in [0.29, 0.717) is 22.7 Å².